The Morgan fingerprint density at radius 1 is 1.29 bits per heavy atom. The summed E-state index contributed by atoms with van der Waals surface area (Å²) in [7, 11) is 1.73. The van der Waals surface area contributed by atoms with Crippen LogP contribution in [0, 0.1) is 0 Å². The number of amides is 2. The van der Waals surface area contributed by atoms with E-state index in [1.807, 2.05) is 29.2 Å². The summed E-state index contributed by atoms with van der Waals surface area (Å²) in [6, 6.07) is 8.03. The molecule has 3 rings (SSSR count). The van der Waals surface area contributed by atoms with Crippen molar-refractivity contribution in [3.8, 4) is 5.75 Å². The van der Waals surface area contributed by atoms with Crippen LogP contribution in [-0.4, -0.2) is 68.9 Å². The van der Waals surface area contributed by atoms with Crippen molar-refractivity contribution >= 4 is 6.03 Å². The van der Waals surface area contributed by atoms with Crippen LogP contribution in [0.2, 0.25) is 0 Å². The van der Waals surface area contributed by atoms with Crippen molar-refractivity contribution in [3.05, 3.63) is 29.8 Å². The first-order chi connectivity index (χ1) is 11.8. The van der Waals surface area contributed by atoms with Gasteiger partial charge in [-0.25, -0.2) is 4.79 Å². The van der Waals surface area contributed by atoms with E-state index in [0.29, 0.717) is 6.61 Å². The number of hydrogen-bond acceptors (Lipinski definition) is 4. The first-order valence-corrected chi connectivity index (χ1v) is 8.76. The number of nitrogens with one attached hydrogen (secondary N) is 1. The predicted molar refractivity (Wildman–Crippen MR) is 92.3 cm³/mol. The van der Waals surface area contributed by atoms with E-state index in [9.17, 15) is 4.79 Å². The third-order valence-electron chi connectivity index (χ3n) is 4.74. The van der Waals surface area contributed by atoms with Crippen LogP contribution in [0.1, 0.15) is 24.4 Å². The molecule has 2 heterocycles. The van der Waals surface area contributed by atoms with Crippen molar-refractivity contribution < 1.29 is 14.3 Å². The molecule has 1 aromatic carbocycles. The van der Waals surface area contributed by atoms with E-state index in [1.54, 1.807) is 7.11 Å². The molecule has 0 bridgehead atoms. The van der Waals surface area contributed by atoms with Gasteiger partial charge in [-0.1, -0.05) is 18.2 Å². The molecular weight excluding hydrogens is 306 g/mol. The molecule has 0 aliphatic carbocycles. The number of hydrogen-bond donors (Lipinski definition) is 1. The number of rotatable bonds is 4. The maximum absolute atomic E-state index is 12.7. The average Bonchev–Trinajstić information content (AvgIpc) is 2.86. The number of fused-ring (bicyclic) bond motifs is 1. The largest absolute Gasteiger partial charge is 0.493 e. The number of urea groups is 1. The van der Waals surface area contributed by atoms with Crippen molar-refractivity contribution in [1.29, 1.82) is 0 Å². The maximum atomic E-state index is 12.7. The molecule has 6 nitrogen and oxygen atoms in total. The zero-order valence-corrected chi connectivity index (χ0v) is 14.4. The standard InChI is InChI=1S/C18H27N3O3/c1-23-14-12-20-8-4-9-21(11-10-20)18(22)19-16-7-13-24-17-6-3-2-5-15(16)17/h2-3,5-6,16H,4,7-14H2,1H3,(H,19,22)/t16-/m1/s1. The van der Waals surface area contributed by atoms with Gasteiger partial charge >= 0.3 is 6.03 Å². The van der Waals surface area contributed by atoms with Crippen molar-refractivity contribution in [1.82, 2.24) is 15.1 Å². The topological polar surface area (TPSA) is 54.0 Å². The highest BCUT2D eigenvalue weighted by molar-refractivity contribution is 5.75. The Morgan fingerprint density at radius 3 is 3.04 bits per heavy atom. The van der Waals surface area contributed by atoms with Gasteiger partial charge in [0.25, 0.3) is 0 Å². The van der Waals surface area contributed by atoms with Gasteiger partial charge in [0.15, 0.2) is 0 Å². The second kappa shape index (κ2) is 8.35. The maximum Gasteiger partial charge on any atom is 0.317 e. The molecule has 1 fully saturated rings. The quantitative estimate of drug-likeness (QED) is 0.914. The van der Waals surface area contributed by atoms with Gasteiger partial charge < -0.3 is 19.7 Å². The van der Waals surface area contributed by atoms with Gasteiger partial charge in [-0.05, 0) is 19.0 Å². The number of carbonyl (C=O) groups is 1. The summed E-state index contributed by atoms with van der Waals surface area (Å²) in [5.74, 6) is 0.885. The first-order valence-electron chi connectivity index (χ1n) is 8.76. The average molecular weight is 333 g/mol. The van der Waals surface area contributed by atoms with Gasteiger partial charge in [0, 0.05) is 45.3 Å². The summed E-state index contributed by atoms with van der Waals surface area (Å²) in [6.45, 7) is 5.81. The van der Waals surface area contributed by atoms with Crippen LogP contribution in [-0.2, 0) is 4.74 Å². The Balaban J connectivity index is 1.56. The number of carbonyl (C=O) groups excluding carboxylic acids is 1. The molecule has 2 amide bonds. The van der Waals surface area contributed by atoms with Crippen LogP contribution in [0.3, 0.4) is 0 Å². The van der Waals surface area contributed by atoms with E-state index in [1.165, 1.54) is 0 Å². The number of benzene rings is 1. The van der Waals surface area contributed by atoms with Crippen LogP contribution >= 0.6 is 0 Å². The molecule has 2 aliphatic heterocycles. The molecule has 1 saturated heterocycles. The Labute approximate surface area is 143 Å². The monoisotopic (exact) mass is 333 g/mol. The highest BCUT2D eigenvalue weighted by Crippen LogP contribution is 2.31. The summed E-state index contributed by atoms with van der Waals surface area (Å²) in [4.78, 5) is 17.0. The minimum atomic E-state index is 0.0327. The van der Waals surface area contributed by atoms with Crippen molar-refractivity contribution in [3.63, 3.8) is 0 Å². The second-order valence-electron chi connectivity index (χ2n) is 6.35. The Hall–Kier alpha value is -1.79. The molecule has 132 valence electrons. The highest BCUT2D eigenvalue weighted by atomic mass is 16.5. The lowest BCUT2D eigenvalue weighted by Gasteiger charge is -2.29. The van der Waals surface area contributed by atoms with Crippen LogP contribution in [0.4, 0.5) is 4.79 Å². The van der Waals surface area contributed by atoms with Crippen molar-refractivity contribution in [2.75, 3.05) is 53.0 Å². The third-order valence-corrected chi connectivity index (χ3v) is 4.74. The molecule has 0 saturated carbocycles. The molecule has 0 unspecified atom stereocenters. The van der Waals surface area contributed by atoms with Crippen LogP contribution in [0.25, 0.3) is 0 Å². The fourth-order valence-corrected chi connectivity index (χ4v) is 3.35. The summed E-state index contributed by atoms with van der Waals surface area (Å²) in [5.41, 5.74) is 1.08. The summed E-state index contributed by atoms with van der Waals surface area (Å²) in [5, 5.41) is 3.19. The molecule has 2 aliphatic rings. The molecule has 0 radical (unpaired) electrons. The number of para-hydroxylation sites is 1. The van der Waals surface area contributed by atoms with Crippen molar-refractivity contribution in [2.24, 2.45) is 0 Å². The number of ether oxygens (including phenoxy) is 2. The number of nitrogens with zero attached hydrogens (tertiary/aromatic N) is 2. The summed E-state index contributed by atoms with van der Waals surface area (Å²) >= 11 is 0. The predicted octanol–water partition coefficient (Wildman–Crippen LogP) is 1.87. The molecule has 6 heteroatoms. The van der Waals surface area contributed by atoms with Crippen LogP contribution in [0.5, 0.6) is 5.75 Å². The van der Waals surface area contributed by atoms with E-state index in [4.69, 9.17) is 9.47 Å². The van der Waals surface area contributed by atoms with E-state index < -0.39 is 0 Å². The van der Waals surface area contributed by atoms with Gasteiger partial charge in [-0.2, -0.15) is 0 Å². The Morgan fingerprint density at radius 2 is 2.17 bits per heavy atom. The lowest BCUT2D eigenvalue weighted by atomic mass is 10.0. The van der Waals surface area contributed by atoms with Gasteiger partial charge in [-0.15, -0.1) is 0 Å². The minimum Gasteiger partial charge on any atom is -0.493 e. The first kappa shape index (κ1) is 17.0. The molecule has 0 spiro atoms. The van der Waals surface area contributed by atoms with Gasteiger partial charge in [0.05, 0.1) is 19.3 Å². The Bertz CT molecular complexity index is 552. The fraction of sp³-hybridized carbons (Fsp3) is 0.611. The molecule has 24 heavy (non-hydrogen) atoms. The van der Waals surface area contributed by atoms with Crippen LogP contribution < -0.4 is 10.1 Å². The molecule has 1 aromatic rings. The second-order valence-corrected chi connectivity index (χ2v) is 6.35. The molecule has 1 N–H and O–H groups in total. The Kier molecular flexibility index (Phi) is 5.93. The fourth-order valence-electron chi connectivity index (χ4n) is 3.35. The lowest BCUT2D eigenvalue weighted by molar-refractivity contribution is 0.149. The van der Waals surface area contributed by atoms with Gasteiger partial charge in [0.2, 0.25) is 0 Å². The molecule has 0 aromatic heterocycles. The SMILES string of the molecule is COCCN1CCCN(C(=O)N[C@@H]2CCOc3ccccc32)CC1. The van der Waals surface area contributed by atoms with Crippen LogP contribution in [0.15, 0.2) is 24.3 Å². The summed E-state index contributed by atoms with van der Waals surface area (Å²) < 4.78 is 10.8. The smallest absolute Gasteiger partial charge is 0.317 e. The lowest BCUT2D eigenvalue weighted by Crippen LogP contribution is -2.44. The highest BCUT2D eigenvalue weighted by Gasteiger charge is 2.25. The van der Waals surface area contributed by atoms with Gasteiger partial charge in [-0.3, -0.25) is 4.90 Å². The number of methoxy groups -OCH3 is 1. The zero-order chi connectivity index (χ0) is 16.8. The van der Waals surface area contributed by atoms with E-state index in [0.717, 1.165) is 63.5 Å². The normalized spacial score (nSPS) is 21.5. The summed E-state index contributed by atoms with van der Waals surface area (Å²) in [6.07, 6.45) is 1.82. The molecular formula is C18H27N3O3. The van der Waals surface area contributed by atoms with E-state index >= 15 is 0 Å². The van der Waals surface area contributed by atoms with Crippen molar-refractivity contribution in [2.45, 2.75) is 18.9 Å². The zero-order valence-electron chi connectivity index (χ0n) is 14.4. The van der Waals surface area contributed by atoms with E-state index in [-0.39, 0.29) is 12.1 Å². The van der Waals surface area contributed by atoms with E-state index in [2.05, 4.69) is 10.2 Å². The molecule has 1 atom stereocenters. The third kappa shape index (κ3) is 4.19. The minimum absolute atomic E-state index is 0.0327. The van der Waals surface area contributed by atoms with Gasteiger partial charge in [0.1, 0.15) is 5.75 Å².